The summed E-state index contributed by atoms with van der Waals surface area (Å²) in [5.41, 5.74) is 11.9. The quantitative estimate of drug-likeness (QED) is 0.171. The molecule has 0 N–H and O–H groups in total. The fraction of sp³-hybridized carbons (Fsp3) is 0.118. The second kappa shape index (κ2) is 5.96. The average Bonchev–Trinajstić information content (AvgIpc) is 2.90. The van der Waals surface area contributed by atoms with Crippen molar-refractivity contribution in [1.82, 2.24) is 0 Å². The molecule has 0 heteroatoms. The molecule has 4 unspecified atom stereocenters. The summed E-state index contributed by atoms with van der Waals surface area (Å²) in [6.45, 7) is 0. The van der Waals surface area contributed by atoms with Gasteiger partial charge in [0.1, 0.15) is 0 Å². The maximum atomic E-state index is 2.47. The predicted molar refractivity (Wildman–Crippen MR) is 140 cm³/mol. The van der Waals surface area contributed by atoms with Crippen molar-refractivity contribution < 1.29 is 0 Å². The maximum absolute atomic E-state index is 2.47. The van der Waals surface area contributed by atoms with Crippen molar-refractivity contribution >= 4 is 21.5 Å². The fourth-order valence-corrected chi connectivity index (χ4v) is 7.35. The third-order valence-electron chi connectivity index (χ3n) is 8.86. The minimum Gasteiger partial charge on any atom is -0.0757 e. The molecular formula is C34H22. The van der Waals surface area contributed by atoms with Gasteiger partial charge in [0.15, 0.2) is 0 Å². The van der Waals surface area contributed by atoms with Crippen LogP contribution in [0, 0.1) is 0 Å². The number of hydrogen-bond acceptors (Lipinski definition) is 0. The first-order valence-corrected chi connectivity index (χ1v) is 12.4. The van der Waals surface area contributed by atoms with E-state index in [4.69, 9.17) is 0 Å². The molecule has 0 saturated carbocycles. The van der Waals surface area contributed by atoms with Crippen LogP contribution in [0.25, 0.3) is 21.5 Å². The Morgan fingerprint density at radius 2 is 0.559 bits per heavy atom. The smallest absolute Gasteiger partial charge is 0.0276 e. The second-order valence-electron chi connectivity index (χ2n) is 10.4. The van der Waals surface area contributed by atoms with Crippen molar-refractivity contribution in [3.63, 3.8) is 0 Å². The molecule has 0 radical (unpaired) electrons. The lowest BCUT2D eigenvalue weighted by molar-refractivity contribution is 0.813. The topological polar surface area (TPSA) is 0 Å². The van der Waals surface area contributed by atoms with Crippen molar-refractivity contribution in [2.75, 3.05) is 0 Å². The first-order chi connectivity index (χ1) is 16.8. The number of allylic oxidation sites excluding steroid dienone is 4. The van der Waals surface area contributed by atoms with E-state index in [1.54, 1.807) is 0 Å². The van der Waals surface area contributed by atoms with Crippen LogP contribution in [0.15, 0.2) is 109 Å². The summed E-state index contributed by atoms with van der Waals surface area (Å²) in [6.07, 6.45) is 9.66. The largest absolute Gasteiger partial charge is 0.0757 e. The molecule has 158 valence electrons. The highest BCUT2D eigenvalue weighted by molar-refractivity contribution is 6.00. The second-order valence-corrected chi connectivity index (χ2v) is 10.4. The molecule has 0 saturated heterocycles. The zero-order valence-corrected chi connectivity index (χ0v) is 18.7. The summed E-state index contributed by atoms with van der Waals surface area (Å²) in [6, 6.07) is 32.8. The van der Waals surface area contributed by atoms with Crippen LogP contribution < -0.4 is 0 Å². The molecule has 4 atom stereocenters. The lowest BCUT2D eigenvalue weighted by Gasteiger charge is -2.37. The number of rotatable bonds is 0. The maximum Gasteiger partial charge on any atom is 0.0276 e. The van der Waals surface area contributed by atoms with Crippen molar-refractivity contribution in [3.8, 4) is 0 Å². The molecule has 0 amide bonds. The van der Waals surface area contributed by atoms with Gasteiger partial charge in [0.25, 0.3) is 0 Å². The van der Waals surface area contributed by atoms with Gasteiger partial charge < -0.3 is 0 Å². The first-order valence-electron chi connectivity index (χ1n) is 12.4. The van der Waals surface area contributed by atoms with Crippen molar-refractivity contribution in [2.24, 2.45) is 0 Å². The first kappa shape index (κ1) is 17.6. The third kappa shape index (κ3) is 2.06. The van der Waals surface area contributed by atoms with E-state index in [-0.39, 0.29) is 0 Å². The lowest BCUT2D eigenvalue weighted by atomic mass is 9.67. The van der Waals surface area contributed by atoms with Gasteiger partial charge in [0.2, 0.25) is 0 Å². The Morgan fingerprint density at radius 3 is 0.824 bits per heavy atom. The average molecular weight is 431 g/mol. The Bertz CT molecular complexity index is 1520. The summed E-state index contributed by atoms with van der Waals surface area (Å²) >= 11 is 0. The van der Waals surface area contributed by atoms with E-state index in [1.165, 1.54) is 66.1 Å². The van der Waals surface area contributed by atoms with E-state index in [0.29, 0.717) is 23.7 Å². The van der Waals surface area contributed by atoms with Crippen LogP contribution in [0.4, 0.5) is 0 Å². The van der Waals surface area contributed by atoms with Gasteiger partial charge in [-0.1, -0.05) is 72.8 Å². The van der Waals surface area contributed by atoms with Crippen LogP contribution in [0.2, 0.25) is 0 Å². The molecule has 0 nitrogen and oxygen atoms in total. The number of benzene rings is 5. The van der Waals surface area contributed by atoms with Crippen LogP contribution in [-0.2, 0) is 0 Å². The van der Waals surface area contributed by atoms with Gasteiger partial charge in [-0.05, 0) is 102 Å². The van der Waals surface area contributed by atoms with E-state index in [0.717, 1.165) is 0 Å². The normalized spacial score (nSPS) is 24.2. The predicted octanol–water partition coefficient (Wildman–Crippen LogP) is 8.29. The van der Waals surface area contributed by atoms with E-state index >= 15 is 0 Å². The highest BCUT2D eigenvalue weighted by Gasteiger charge is 2.35. The SMILES string of the molecule is C1=CC2c3ccccc3C1c1cc3cc4cc5c(cc4cc3cc12)C1C=CC5c2ccccc21. The molecule has 5 aromatic rings. The lowest BCUT2D eigenvalue weighted by Crippen LogP contribution is -2.20. The van der Waals surface area contributed by atoms with Crippen LogP contribution in [0.3, 0.4) is 0 Å². The monoisotopic (exact) mass is 430 g/mol. The summed E-state index contributed by atoms with van der Waals surface area (Å²) in [5, 5.41) is 5.45. The van der Waals surface area contributed by atoms with E-state index in [9.17, 15) is 0 Å². The zero-order chi connectivity index (χ0) is 22.0. The van der Waals surface area contributed by atoms with Crippen LogP contribution in [0.5, 0.6) is 0 Å². The van der Waals surface area contributed by atoms with E-state index in [2.05, 4.69) is 109 Å². The summed E-state index contributed by atoms with van der Waals surface area (Å²) < 4.78 is 0. The van der Waals surface area contributed by atoms with Crippen molar-refractivity contribution in [3.05, 3.63) is 154 Å². The van der Waals surface area contributed by atoms with Crippen LogP contribution >= 0.6 is 0 Å². The van der Waals surface area contributed by atoms with Crippen LogP contribution in [0.1, 0.15) is 68.2 Å². The molecule has 0 aromatic heterocycles. The van der Waals surface area contributed by atoms with Gasteiger partial charge in [-0.3, -0.25) is 0 Å². The fourth-order valence-electron chi connectivity index (χ4n) is 7.35. The molecule has 6 aliphatic carbocycles. The third-order valence-corrected chi connectivity index (χ3v) is 8.86. The molecule has 4 bridgehead atoms. The van der Waals surface area contributed by atoms with E-state index in [1.807, 2.05) is 0 Å². The Labute approximate surface area is 198 Å². The molecule has 34 heavy (non-hydrogen) atoms. The Balaban J connectivity index is 1.27. The molecule has 11 rings (SSSR count). The Morgan fingerprint density at radius 1 is 0.294 bits per heavy atom. The molecular weight excluding hydrogens is 408 g/mol. The summed E-state index contributed by atoms with van der Waals surface area (Å²) in [4.78, 5) is 0. The minimum absolute atomic E-state index is 0.386. The standard InChI is InChI=1S/C34H22/c1-2-6-24-23(5-1)27-9-10-28(24)32-16-20-14-22-18-34-30-12-11-29(25-7-3-4-8-26(25)30)33(34)17-21(22)13-19(20)15-31(27)32/h1-18,27-30H. The zero-order valence-electron chi connectivity index (χ0n) is 18.7. The van der Waals surface area contributed by atoms with Crippen molar-refractivity contribution in [1.29, 1.82) is 0 Å². The number of fused-ring (bicyclic) bond motifs is 2. The molecule has 0 heterocycles. The van der Waals surface area contributed by atoms with E-state index < -0.39 is 0 Å². The van der Waals surface area contributed by atoms with Crippen molar-refractivity contribution in [2.45, 2.75) is 23.7 Å². The molecule has 0 aliphatic heterocycles. The van der Waals surface area contributed by atoms with Gasteiger partial charge in [-0.15, -0.1) is 0 Å². The highest BCUT2D eigenvalue weighted by Crippen LogP contribution is 2.52. The van der Waals surface area contributed by atoms with Gasteiger partial charge in [0.05, 0.1) is 0 Å². The molecule has 5 aromatic carbocycles. The molecule has 0 fully saturated rings. The Hall–Kier alpha value is -3.90. The molecule has 6 aliphatic rings. The minimum atomic E-state index is 0.386. The van der Waals surface area contributed by atoms with Gasteiger partial charge in [0, 0.05) is 23.7 Å². The molecule has 0 spiro atoms. The summed E-state index contributed by atoms with van der Waals surface area (Å²) in [5.74, 6) is 1.55. The van der Waals surface area contributed by atoms with Crippen LogP contribution in [-0.4, -0.2) is 0 Å². The van der Waals surface area contributed by atoms with Gasteiger partial charge in [-0.25, -0.2) is 0 Å². The summed E-state index contributed by atoms with van der Waals surface area (Å²) in [7, 11) is 0. The number of hydrogen-bond donors (Lipinski definition) is 0. The van der Waals surface area contributed by atoms with Gasteiger partial charge in [-0.2, -0.15) is 0 Å². The highest BCUT2D eigenvalue weighted by atomic mass is 14.4. The Kier molecular flexibility index (Phi) is 3.08. The van der Waals surface area contributed by atoms with Gasteiger partial charge >= 0.3 is 0 Å².